The summed E-state index contributed by atoms with van der Waals surface area (Å²) in [4.78, 5) is 26.3. The predicted molar refractivity (Wildman–Crippen MR) is 105 cm³/mol. The molecule has 2 aromatic rings. The van der Waals surface area contributed by atoms with Crippen molar-refractivity contribution in [1.29, 1.82) is 0 Å². The number of carbonyl (C=O) groups is 2. The molecule has 8 heteroatoms. The van der Waals surface area contributed by atoms with Crippen LogP contribution in [-0.2, 0) is 26.1 Å². The van der Waals surface area contributed by atoms with Crippen LogP contribution in [-0.4, -0.2) is 56.7 Å². The first kappa shape index (κ1) is 21.6. The van der Waals surface area contributed by atoms with Gasteiger partial charge in [-0.1, -0.05) is 36.4 Å². The standard InChI is InChI=1S/C20H24N2O5S/c1-15(19(23)22(4)14-16-9-6-5-7-10-16)27-20(24)17-11-8-12-18(13-17)28(25,26)21(2)3/h5-13,15H,14H2,1-4H3/t15-/m1/s1. The van der Waals surface area contributed by atoms with Crippen LogP contribution >= 0.6 is 0 Å². The Hall–Kier alpha value is -2.71. The Morgan fingerprint density at radius 2 is 1.64 bits per heavy atom. The van der Waals surface area contributed by atoms with Crippen LogP contribution < -0.4 is 0 Å². The molecule has 0 radical (unpaired) electrons. The van der Waals surface area contributed by atoms with Gasteiger partial charge in [0.2, 0.25) is 10.0 Å². The molecular formula is C20H24N2O5S. The van der Waals surface area contributed by atoms with Crippen LogP contribution in [0.25, 0.3) is 0 Å². The lowest BCUT2D eigenvalue weighted by Crippen LogP contribution is -2.37. The molecule has 1 atom stereocenters. The Bertz CT molecular complexity index is 942. The van der Waals surface area contributed by atoms with Gasteiger partial charge in [-0.2, -0.15) is 0 Å². The zero-order valence-electron chi connectivity index (χ0n) is 16.3. The highest BCUT2D eigenvalue weighted by atomic mass is 32.2. The third kappa shape index (κ3) is 5.17. The minimum absolute atomic E-state index is 0.0212. The van der Waals surface area contributed by atoms with Crippen LogP contribution in [0, 0.1) is 0 Å². The van der Waals surface area contributed by atoms with E-state index in [1.807, 2.05) is 30.3 Å². The Labute approximate surface area is 165 Å². The lowest BCUT2D eigenvalue weighted by Gasteiger charge is -2.21. The third-order valence-electron chi connectivity index (χ3n) is 4.12. The van der Waals surface area contributed by atoms with E-state index in [2.05, 4.69) is 0 Å². The van der Waals surface area contributed by atoms with Gasteiger partial charge < -0.3 is 9.64 Å². The molecule has 1 amide bonds. The summed E-state index contributed by atoms with van der Waals surface area (Å²) in [7, 11) is 0.766. The molecule has 2 rings (SSSR count). The van der Waals surface area contributed by atoms with E-state index in [1.54, 1.807) is 7.05 Å². The summed E-state index contributed by atoms with van der Waals surface area (Å²) >= 11 is 0. The van der Waals surface area contributed by atoms with Crippen LogP contribution in [0.3, 0.4) is 0 Å². The summed E-state index contributed by atoms with van der Waals surface area (Å²) in [5.74, 6) is -1.11. The van der Waals surface area contributed by atoms with E-state index in [9.17, 15) is 18.0 Å². The highest BCUT2D eigenvalue weighted by Gasteiger charge is 2.24. The Kier molecular flexibility index (Phi) is 6.93. The molecule has 0 fully saturated rings. The second kappa shape index (κ2) is 8.99. The minimum Gasteiger partial charge on any atom is -0.449 e. The topological polar surface area (TPSA) is 84.0 Å². The normalized spacial score (nSPS) is 12.5. The van der Waals surface area contributed by atoms with E-state index < -0.39 is 22.1 Å². The monoisotopic (exact) mass is 404 g/mol. The molecular weight excluding hydrogens is 380 g/mol. The maximum atomic E-state index is 12.5. The molecule has 0 aromatic heterocycles. The second-order valence-electron chi connectivity index (χ2n) is 6.54. The summed E-state index contributed by atoms with van der Waals surface area (Å²) in [6.45, 7) is 1.88. The van der Waals surface area contributed by atoms with E-state index in [-0.39, 0.29) is 16.4 Å². The molecule has 0 aliphatic heterocycles. The van der Waals surface area contributed by atoms with Gasteiger partial charge in [0.15, 0.2) is 6.10 Å². The molecule has 0 unspecified atom stereocenters. The van der Waals surface area contributed by atoms with Crippen LogP contribution in [0.4, 0.5) is 0 Å². The zero-order chi connectivity index (χ0) is 20.9. The van der Waals surface area contributed by atoms with Crippen LogP contribution in [0.15, 0.2) is 59.5 Å². The summed E-state index contributed by atoms with van der Waals surface area (Å²) in [6.07, 6.45) is -1.00. The lowest BCUT2D eigenvalue weighted by atomic mass is 10.2. The van der Waals surface area contributed by atoms with Crippen molar-refractivity contribution < 1.29 is 22.7 Å². The van der Waals surface area contributed by atoms with Crippen LogP contribution in [0.5, 0.6) is 0 Å². The van der Waals surface area contributed by atoms with E-state index in [1.165, 1.54) is 50.2 Å². The number of carbonyl (C=O) groups excluding carboxylic acids is 2. The SMILES string of the molecule is C[C@@H](OC(=O)c1cccc(S(=O)(=O)N(C)C)c1)C(=O)N(C)Cc1ccccc1. The number of hydrogen-bond acceptors (Lipinski definition) is 5. The highest BCUT2D eigenvalue weighted by Crippen LogP contribution is 2.16. The molecule has 0 aliphatic carbocycles. The average Bonchev–Trinajstić information content (AvgIpc) is 2.67. The molecule has 0 saturated heterocycles. The van der Waals surface area contributed by atoms with E-state index in [4.69, 9.17) is 4.74 Å². The van der Waals surface area contributed by atoms with Crippen molar-refractivity contribution in [2.45, 2.75) is 24.5 Å². The fourth-order valence-corrected chi connectivity index (χ4v) is 3.47. The number of sulfonamides is 1. The fraction of sp³-hybridized carbons (Fsp3) is 0.300. The second-order valence-corrected chi connectivity index (χ2v) is 8.69. The largest absolute Gasteiger partial charge is 0.449 e. The number of hydrogen-bond donors (Lipinski definition) is 0. The average molecular weight is 404 g/mol. The number of benzene rings is 2. The molecule has 0 spiro atoms. The zero-order valence-corrected chi connectivity index (χ0v) is 17.1. The third-order valence-corrected chi connectivity index (χ3v) is 5.93. The van der Waals surface area contributed by atoms with E-state index in [0.29, 0.717) is 6.54 Å². The number of rotatable bonds is 7. The van der Waals surface area contributed by atoms with Gasteiger partial charge in [-0.3, -0.25) is 4.79 Å². The maximum absolute atomic E-state index is 12.5. The van der Waals surface area contributed by atoms with Crippen molar-refractivity contribution in [2.75, 3.05) is 21.1 Å². The van der Waals surface area contributed by atoms with Crippen molar-refractivity contribution in [3.05, 3.63) is 65.7 Å². The molecule has 0 bridgehead atoms. The molecule has 150 valence electrons. The summed E-state index contributed by atoms with van der Waals surface area (Å²) in [5.41, 5.74) is 1.02. The van der Waals surface area contributed by atoms with E-state index >= 15 is 0 Å². The number of esters is 1. The fourth-order valence-electron chi connectivity index (χ4n) is 2.52. The molecule has 0 saturated carbocycles. The number of likely N-dealkylation sites (N-methyl/N-ethyl adjacent to an activating group) is 1. The summed E-state index contributed by atoms with van der Waals surface area (Å²) in [6, 6.07) is 15.0. The first-order valence-electron chi connectivity index (χ1n) is 8.65. The lowest BCUT2D eigenvalue weighted by molar-refractivity contribution is -0.139. The Morgan fingerprint density at radius 1 is 1.00 bits per heavy atom. The van der Waals surface area contributed by atoms with Gasteiger partial charge >= 0.3 is 5.97 Å². The number of ether oxygens (including phenoxy) is 1. The first-order chi connectivity index (χ1) is 13.1. The van der Waals surface area contributed by atoms with Crippen molar-refractivity contribution in [1.82, 2.24) is 9.21 Å². The van der Waals surface area contributed by atoms with Crippen molar-refractivity contribution >= 4 is 21.9 Å². The predicted octanol–water partition coefficient (Wildman–Crippen LogP) is 2.14. The van der Waals surface area contributed by atoms with Crippen LogP contribution in [0.1, 0.15) is 22.8 Å². The van der Waals surface area contributed by atoms with Crippen LogP contribution in [0.2, 0.25) is 0 Å². The molecule has 7 nitrogen and oxygen atoms in total. The van der Waals surface area contributed by atoms with Gasteiger partial charge in [0, 0.05) is 27.7 Å². The summed E-state index contributed by atoms with van der Waals surface area (Å²) < 4.78 is 30.7. The highest BCUT2D eigenvalue weighted by molar-refractivity contribution is 7.89. The van der Waals surface area contributed by atoms with Crippen molar-refractivity contribution in [3.63, 3.8) is 0 Å². The molecule has 0 N–H and O–H groups in total. The Morgan fingerprint density at radius 3 is 2.25 bits per heavy atom. The number of nitrogens with zero attached hydrogens (tertiary/aromatic N) is 2. The van der Waals surface area contributed by atoms with Crippen molar-refractivity contribution in [3.8, 4) is 0 Å². The first-order valence-corrected chi connectivity index (χ1v) is 10.1. The molecule has 0 aliphatic rings. The smallest absolute Gasteiger partial charge is 0.338 e. The minimum atomic E-state index is -3.68. The van der Waals surface area contributed by atoms with Crippen molar-refractivity contribution in [2.24, 2.45) is 0 Å². The van der Waals surface area contributed by atoms with Gasteiger partial charge in [0.25, 0.3) is 5.91 Å². The van der Waals surface area contributed by atoms with Gasteiger partial charge in [0.05, 0.1) is 10.5 Å². The van der Waals surface area contributed by atoms with Gasteiger partial charge in [-0.05, 0) is 30.7 Å². The van der Waals surface area contributed by atoms with Gasteiger partial charge in [0.1, 0.15) is 0 Å². The molecule has 0 heterocycles. The summed E-state index contributed by atoms with van der Waals surface area (Å²) in [5, 5.41) is 0. The van der Waals surface area contributed by atoms with Gasteiger partial charge in [-0.15, -0.1) is 0 Å². The molecule has 2 aromatic carbocycles. The van der Waals surface area contributed by atoms with Gasteiger partial charge in [-0.25, -0.2) is 17.5 Å². The molecule has 28 heavy (non-hydrogen) atoms. The quantitative estimate of drug-likeness (QED) is 0.660. The van der Waals surface area contributed by atoms with E-state index in [0.717, 1.165) is 9.87 Å². The number of amides is 1. The maximum Gasteiger partial charge on any atom is 0.338 e. The Balaban J connectivity index is 2.06.